The maximum absolute atomic E-state index is 12.3. The van der Waals surface area contributed by atoms with Crippen LogP contribution in [0.2, 0.25) is 0 Å². The van der Waals surface area contributed by atoms with Crippen LogP contribution in [0.1, 0.15) is 13.3 Å². The largest absolute Gasteiger partial charge is 0.435 e. The number of alkyl halides is 2. The van der Waals surface area contributed by atoms with Gasteiger partial charge in [-0.2, -0.15) is 13.9 Å². The van der Waals surface area contributed by atoms with Crippen LogP contribution in [-0.2, 0) is 21.2 Å². The quantitative estimate of drug-likeness (QED) is 0.514. The summed E-state index contributed by atoms with van der Waals surface area (Å²) in [5.74, 6) is -1.03. The Kier molecular flexibility index (Phi) is 6.16. The molecule has 2 aromatic rings. The van der Waals surface area contributed by atoms with Gasteiger partial charge in [0.1, 0.15) is 5.75 Å². The predicted octanol–water partition coefficient (Wildman–Crippen LogP) is 1.85. The first-order chi connectivity index (χ1) is 12.6. The molecule has 1 aromatic carbocycles. The lowest BCUT2D eigenvalue weighted by Crippen LogP contribution is -2.49. The average molecular weight is 403 g/mol. The molecule has 11 heteroatoms. The summed E-state index contributed by atoms with van der Waals surface area (Å²) in [4.78, 5) is 11.8. The highest BCUT2D eigenvalue weighted by molar-refractivity contribution is 7.92. The number of hydrogen-bond acceptors (Lipinski definition) is 6. The monoisotopic (exact) mass is 403 g/mol. The van der Waals surface area contributed by atoms with Gasteiger partial charge in [0.05, 0.1) is 6.20 Å². The van der Waals surface area contributed by atoms with Crippen molar-refractivity contribution >= 4 is 15.7 Å². The van der Waals surface area contributed by atoms with E-state index in [-0.39, 0.29) is 18.7 Å². The minimum atomic E-state index is -3.81. The van der Waals surface area contributed by atoms with E-state index in [2.05, 4.69) is 9.84 Å². The minimum absolute atomic E-state index is 0.000446. The van der Waals surface area contributed by atoms with Gasteiger partial charge < -0.3 is 4.74 Å². The van der Waals surface area contributed by atoms with Gasteiger partial charge in [0.15, 0.2) is 14.6 Å². The molecular weight excluding hydrogens is 384 g/mol. The van der Waals surface area contributed by atoms with E-state index in [1.165, 1.54) is 35.4 Å². The fourth-order valence-electron chi connectivity index (χ4n) is 2.40. The molecule has 0 aliphatic heterocycles. The standard InChI is InChI=1S/C16H19F2N3O5S/c1-16(14(22)20-23,27(2,24)25)6-7-21-10-12(9-19-21)11-4-3-5-13(8-11)26-15(17)18/h3-5,8-10,15,23H,6-7H2,1-2H3,(H,20,22). The van der Waals surface area contributed by atoms with Crippen molar-refractivity contribution < 1.29 is 31.9 Å². The van der Waals surface area contributed by atoms with Crippen LogP contribution in [0.5, 0.6) is 5.75 Å². The van der Waals surface area contributed by atoms with E-state index in [9.17, 15) is 22.0 Å². The number of sulfone groups is 1. The maximum Gasteiger partial charge on any atom is 0.387 e. The summed E-state index contributed by atoms with van der Waals surface area (Å²) < 4.78 is 52.5. The highest BCUT2D eigenvalue weighted by atomic mass is 32.2. The van der Waals surface area contributed by atoms with Crippen molar-refractivity contribution in [1.82, 2.24) is 15.3 Å². The molecule has 1 aromatic heterocycles. The summed E-state index contributed by atoms with van der Waals surface area (Å²) in [6.45, 7) is -1.65. The number of ether oxygens (including phenoxy) is 1. The molecule has 0 spiro atoms. The summed E-state index contributed by atoms with van der Waals surface area (Å²) in [6.07, 6.45) is 3.84. The number of rotatable bonds is 8. The predicted molar refractivity (Wildman–Crippen MR) is 92.1 cm³/mol. The van der Waals surface area contributed by atoms with Gasteiger partial charge in [-0.05, 0) is 31.0 Å². The number of amides is 1. The highest BCUT2D eigenvalue weighted by Gasteiger charge is 2.43. The first-order valence-electron chi connectivity index (χ1n) is 7.78. The number of carbonyl (C=O) groups excluding carboxylic acids is 1. The molecule has 8 nitrogen and oxygen atoms in total. The van der Waals surface area contributed by atoms with Crippen LogP contribution in [-0.4, -0.2) is 46.9 Å². The van der Waals surface area contributed by atoms with E-state index in [0.29, 0.717) is 11.1 Å². The van der Waals surface area contributed by atoms with Crippen molar-refractivity contribution in [3.05, 3.63) is 36.7 Å². The number of hydrogen-bond donors (Lipinski definition) is 2. The van der Waals surface area contributed by atoms with Gasteiger partial charge in [0.2, 0.25) is 0 Å². The van der Waals surface area contributed by atoms with Crippen molar-refractivity contribution in [2.24, 2.45) is 0 Å². The summed E-state index contributed by atoms with van der Waals surface area (Å²) in [6, 6.07) is 6.05. The molecule has 0 saturated heterocycles. The topological polar surface area (TPSA) is 111 Å². The Morgan fingerprint density at radius 2 is 2.11 bits per heavy atom. The zero-order valence-electron chi connectivity index (χ0n) is 14.6. The van der Waals surface area contributed by atoms with E-state index in [1.54, 1.807) is 18.3 Å². The highest BCUT2D eigenvalue weighted by Crippen LogP contribution is 2.26. The number of halogens is 2. The van der Waals surface area contributed by atoms with Crippen LogP contribution in [0.4, 0.5) is 8.78 Å². The zero-order valence-corrected chi connectivity index (χ0v) is 15.4. The van der Waals surface area contributed by atoms with E-state index in [0.717, 1.165) is 6.26 Å². The normalized spacial score (nSPS) is 14.0. The number of nitrogens with zero attached hydrogens (tertiary/aromatic N) is 2. The van der Waals surface area contributed by atoms with Gasteiger partial charge in [-0.15, -0.1) is 0 Å². The summed E-state index contributed by atoms with van der Waals surface area (Å²) in [5, 5.41) is 12.9. The lowest BCUT2D eigenvalue weighted by molar-refractivity contribution is -0.131. The molecular formula is C16H19F2N3O5S. The molecule has 0 saturated carbocycles. The summed E-state index contributed by atoms with van der Waals surface area (Å²) in [7, 11) is -3.81. The van der Waals surface area contributed by atoms with Crippen LogP contribution >= 0.6 is 0 Å². The molecule has 0 fully saturated rings. The summed E-state index contributed by atoms with van der Waals surface area (Å²) >= 11 is 0. The lowest BCUT2D eigenvalue weighted by atomic mass is 10.1. The molecule has 1 heterocycles. The molecule has 148 valence electrons. The first-order valence-corrected chi connectivity index (χ1v) is 9.68. The van der Waals surface area contributed by atoms with Gasteiger partial charge in [0.25, 0.3) is 5.91 Å². The number of nitrogens with one attached hydrogen (secondary N) is 1. The van der Waals surface area contributed by atoms with Gasteiger partial charge >= 0.3 is 6.61 Å². The molecule has 0 aliphatic carbocycles. The van der Waals surface area contributed by atoms with Crippen molar-refractivity contribution in [2.45, 2.75) is 31.2 Å². The van der Waals surface area contributed by atoms with Crippen LogP contribution in [0.3, 0.4) is 0 Å². The maximum atomic E-state index is 12.3. The Balaban J connectivity index is 2.18. The minimum Gasteiger partial charge on any atom is -0.435 e. The van der Waals surface area contributed by atoms with Crippen LogP contribution in [0.25, 0.3) is 11.1 Å². The number of hydroxylamine groups is 1. The van der Waals surface area contributed by atoms with Gasteiger partial charge in [0, 0.05) is 24.6 Å². The molecule has 1 atom stereocenters. The van der Waals surface area contributed by atoms with Gasteiger partial charge in [-0.1, -0.05) is 12.1 Å². The zero-order chi connectivity index (χ0) is 20.2. The van der Waals surface area contributed by atoms with Crippen molar-refractivity contribution in [2.75, 3.05) is 6.26 Å². The second kappa shape index (κ2) is 8.01. The molecule has 2 rings (SSSR count). The molecule has 2 N–H and O–H groups in total. The van der Waals surface area contributed by atoms with E-state index in [1.807, 2.05) is 0 Å². The molecule has 1 unspecified atom stereocenters. The smallest absolute Gasteiger partial charge is 0.387 e. The molecule has 0 aliphatic rings. The second-order valence-electron chi connectivity index (χ2n) is 6.09. The van der Waals surface area contributed by atoms with E-state index in [4.69, 9.17) is 5.21 Å². The number of benzene rings is 1. The number of carbonyl (C=O) groups is 1. The third kappa shape index (κ3) is 4.80. The lowest BCUT2D eigenvalue weighted by Gasteiger charge is -2.24. The van der Waals surface area contributed by atoms with Crippen molar-refractivity contribution in [3.63, 3.8) is 0 Å². The number of aryl methyl sites for hydroxylation is 1. The SMILES string of the molecule is CC(CCn1cc(-c2cccc(OC(F)F)c2)cn1)(C(=O)NO)S(C)(=O)=O. The third-order valence-corrected chi connectivity index (χ3v) is 6.27. The Morgan fingerprint density at radius 1 is 1.41 bits per heavy atom. The molecule has 0 bridgehead atoms. The average Bonchev–Trinajstić information content (AvgIpc) is 3.06. The van der Waals surface area contributed by atoms with Gasteiger partial charge in [-0.3, -0.25) is 14.7 Å². The third-order valence-electron chi connectivity index (χ3n) is 4.24. The molecule has 1 amide bonds. The number of aromatic nitrogens is 2. The molecule has 0 radical (unpaired) electrons. The van der Waals surface area contributed by atoms with Crippen molar-refractivity contribution in [3.8, 4) is 16.9 Å². The second-order valence-corrected chi connectivity index (χ2v) is 8.54. The van der Waals surface area contributed by atoms with Crippen LogP contribution < -0.4 is 10.2 Å². The summed E-state index contributed by atoms with van der Waals surface area (Å²) in [5.41, 5.74) is 2.56. The first kappa shape index (κ1) is 20.8. The van der Waals surface area contributed by atoms with Crippen molar-refractivity contribution in [1.29, 1.82) is 0 Å². The van der Waals surface area contributed by atoms with E-state index >= 15 is 0 Å². The van der Waals surface area contributed by atoms with Crippen LogP contribution in [0, 0.1) is 0 Å². The van der Waals surface area contributed by atoms with E-state index < -0.39 is 27.1 Å². The Labute approximate surface area is 154 Å². The Hall–Kier alpha value is -2.53. The van der Waals surface area contributed by atoms with Crippen LogP contribution in [0.15, 0.2) is 36.7 Å². The Morgan fingerprint density at radius 3 is 2.70 bits per heavy atom. The molecule has 27 heavy (non-hydrogen) atoms. The fourth-order valence-corrected chi connectivity index (χ4v) is 3.24. The van der Waals surface area contributed by atoms with Gasteiger partial charge in [-0.25, -0.2) is 13.9 Å². The fraction of sp³-hybridized carbons (Fsp3) is 0.375. The Bertz CT molecular complexity index is 916.